The highest BCUT2D eigenvalue weighted by Crippen LogP contribution is 2.19. The van der Waals surface area contributed by atoms with Crippen molar-refractivity contribution in [3.05, 3.63) is 42.5 Å². The molecule has 1 aliphatic rings. The van der Waals surface area contributed by atoms with Gasteiger partial charge in [0.2, 0.25) is 0 Å². The number of nitrogens with zero attached hydrogens (tertiary/aromatic N) is 2. The third-order valence-electron chi connectivity index (χ3n) is 3.91. The smallest absolute Gasteiger partial charge is 0.191 e. The van der Waals surface area contributed by atoms with Crippen LogP contribution in [0.25, 0.3) is 0 Å². The molecule has 146 valence electrons. The minimum atomic E-state index is 0. The molecule has 0 saturated carbocycles. The van der Waals surface area contributed by atoms with Crippen LogP contribution >= 0.6 is 24.0 Å². The summed E-state index contributed by atoms with van der Waals surface area (Å²) in [4.78, 5) is 6.99. The number of hydrogen-bond acceptors (Lipinski definition) is 4. The standard InChI is InChI=1S/C19H30N4O2.HI/c1-3-9-21-19(20-4-2)22-16-17-7-5-6-8-18(17)25-15-12-23-10-13-24-14-11-23;/h3,5-8H,1,4,9-16H2,2H3,(H2,20,21,22);1H. The summed E-state index contributed by atoms with van der Waals surface area (Å²) in [5.41, 5.74) is 1.08. The molecular weight excluding hydrogens is 443 g/mol. The van der Waals surface area contributed by atoms with Gasteiger partial charge in [-0.3, -0.25) is 4.90 Å². The molecule has 0 unspecified atom stereocenters. The topological polar surface area (TPSA) is 58.1 Å². The maximum Gasteiger partial charge on any atom is 0.191 e. The number of nitrogens with one attached hydrogen (secondary N) is 2. The summed E-state index contributed by atoms with van der Waals surface area (Å²) in [6, 6.07) is 8.08. The Kier molecular flexibility index (Phi) is 12.1. The third kappa shape index (κ3) is 8.37. The number of rotatable bonds is 9. The summed E-state index contributed by atoms with van der Waals surface area (Å²) in [7, 11) is 0. The van der Waals surface area contributed by atoms with Crippen molar-refractivity contribution in [2.75, 3.05) is 52.5 Å². The highest BCUT2D eigenvalue weighted by atomic mass is 127. The van der Waals surface area contributed by atoms with E-state index >= 15 is 0 Å². The molecule has 1 heterocycles. The van der Waals surface area contributed by atoms with E-state index in [2.05, 4.69) is 33.2 Å². The highest BCUT2D eigenvalue weighted by Gasteiger charge is 2.10. The van der Waals surface area contributed by atoms with Crippen LogP contribution in [0.1, 0.15) is 12.5 Å². The second kappa shape index (κ2) is 13.8. The van der Waals surface area contributed by atoms with Gasteiger partial charge in [-0.1, -0.05) is 24.3 Å². The number of halogens is 1. The Morgan fingerprint density at radius 3 is 2.81 bits per heavy atom. The van der Waals surface area contributed by atoms with Crippen molar-refractivity contribution in [1.29, 1.82) is 0 Å². The molecule has 1 aliphatic heterocycles. The summed E-state index contributed by atoms with van der Waals surface area (Å²) in [6.45, 7) is 13.0. The van der Waals surface area contributed by atoms with E-state index in [4.69, 9.17) is 9.47 Å². The quantitative estimate of drug-likeness (QED) is 0.249. The first-order valence-corrected chi connectivity index (χ1v) is 8.97. The summed E-state index contributed by atoms with van der Waals surface area (Å²) in [5.74, 6) is 1.68. The predicted molar refractivity (Wildman–Crippen MR) is 118 cm³/mol. The average molecular weight is 474 g/mol. The molecular formula is C19H31IN4O2. The fourth-order valence-corrected chi connectivity index (χ4v) is 2.56. The van der Waals surface area contributed by atoms with Crippen LogP contribution < -0.4 is 15.4 Å². The maximum absolute atomic E-state index is 6.00. The van der Waals surface area contributed by atoms with Crippen LogP contribution in [0.4, 0.5) is 0 Å². The molecule has 1 aromatic carbocycles. The van der Waals surface area contributed by atoms with Crippen molar-refractivity contribution in [3.63, 3.8) is 0 Å². The maximum atomic E-state index is 6.00. The van der Waals surface area contributed by atoms with Gasteiger partial charge in [0.15, 0.2) is 5.96 Å². The van der Waals surface area contributed by atoms with Crippen LogP contribution in [0.5, 0.6) is 5.75 Å². The zero-order valence-corrected chi connectivity index (χ0v) is 17.9. The number of guanidine groups is 1. The lowest BCUT2D eigenvalue weighted by Gasteiger charge is -2.26. The molecule has 0 bridgehead atoms. The number of benzene rings is 1. The molecule has 26 heavy (non-hydrogen) atoms. The Labute approximate surface area is 174 Å². The molecule has 7 heteroatoms. The SMILES string of the molecule is C=CCNC(=NCc1ccccc1OCCN1CCOCC1)NCC.I. The Balaban J connectivity index is 0.00000338. The number of hydrogen-bond donors (Lipinski definition) is 2. The van der Waals surface area contributed by atoms with Crippen LogP contribution in [-0.4, -0.2) is 63.4 Å². The van der Waals surface area contributed by atoms with Crippen molar-refractivity contribution < 1.29 is 9.47 Å². The Hall–Kier alpha value is -1.32. The summed E-state index contributed by atoms with van der Waals surface area (Å²) >= 11 is 0. The summed E-state index contributed by atoms with van der Waals surface area (Å²) in [6.07, 6.45) is 1.82. The molecule has 1 aromatic rings. The van der Waals surface area contributed by atoms with E-state index in [0.717, 1.165) is 56.7 Å². The minimum absolute atomic E-state index is 0. The van der Waals surface area contributed by atoms with Gasteiger partial charge in [0.25, 0.3) is 0 Å². The van der Waals surface area contributed by atoms with Crippen molar-refractivity contribution in [1.82, 2.24) is 15.5 Å². The molecule has 6 nitrogen and oxygen atoms in total. The van der Waals surface area contributed by atoms with Crippen molar-refractivity contribution in [3.8, 4) is 5.75 Å². The molecule has 0 atom stereocenters. The molecule has 2 N–H and O–H groups in total. The normalized spacial score (nSPS) is 15.0. The molecule has 1 fully saturated rings. The van der Waals surface area contributed by atoms with E-state index in [1.165, 1.54) is 0 Å². The van der Waals surface area contributed by atoms with Crippen LogP contribution in [0.3, 0.4) is 0 Å². The molecule has 0 spiro atoms. The second-order valence-corrected chi connectivity index (χ2v) is 5.77. The molecule has 0 aromatic heterocycles. The highest BCUT2D eigenvalue weighted by molar-refractivity contribution is 14.0. The first-order chi connectivity index (χ1) is 12.3. The Morgan fingerprint density at radius 2 is 2.08 bits per heavy atom. The van der Waals surface area contributed by atoms with Gasteiger partial charge < -0.3 is 20.1 Å². The minimum Gasteiger partial charge on any atom is -0.492 e. The number of aliphatic imine (C=N–C) groups is 1. The van der Waals surface area contributed by atoms with Gasteiger partial charge in [-0.15, -0.1) is 30.6 Å². The van der Waals surface area contributed by atoms with E-state index in [9.17, 15) is 0 Å². The zero-order valence-electron chi connectivity index (χ0n) is 15.6. The predicted octanol–water partition coefficient (Wildman–Crippen LogP) is 2.26. The third-order valence-corrected chi connectivity index (χ3v) is 3.91. The molecule has 0 amide bonds. The van der Waals surface area contributed by atoms with Crippen molar-refractivity contribution in [2.45, 2.75) is 13.5 Å². The first kappa shape index (κ1) is 22.7. The zero-order chi connectivity index (χ0) is 17.7. The average Bonchev–Trinajstić information content (AvgIpc) is 2.66. The van der Waals surface area contributed by atoms with E-state index in [1.54, 1.807) is 0 Å². The lowest BCUT2D eigenvalue weighted by molar-refractivity contribution is 0.0322. The van der Waals surface area contributed by atoms with Crippen LogP contribution in [0.2, 0.25) is 0 Å². The molecule has 0 radical (unpaired) electrons. The molecule has 2 rings (SSSR count). The van der Waals surface area contributed by atoms with E-state index in [0.29, 0.717) is 19.7 Å². The van der Waals surface area contributed by atoms with Gasteiger partial charge in [-0.05, 0) is 13.0 Å². The Morgan fingerprint density at radius 1 is 1.31 bits per heavy atom. The largest absolute Gasteiger partial charge is 0.492 e. The van der Waals surface area contributed by atoms with Gasteiger partial charge in [0.1, 0.15) is 12.4 Å². The van der Waals surface area contributed by atoms with Gasteiger partial charge in [-0.25, -0.2) is 4.99 Å². The van der Waals surface area contributed by atoms with E-state index < -0.39 is 0 Å². The van der Waals surface area contributed by atoms with Crippen molar-refractivity contribution >= 4 is 29.9 Å². The fraction of sp³-hybridized carbons (Fsp3) is 0.526. The summed E-state index contributed by atoms with van der Waals surface area (Å²) in [5, 5.41) is 6.43. The lowest BCUT2D eigenvalue weighted by atomic mass is 10.2. The van der Waals surface area contributed by atoms with Gasteiger partial charge in [0.05, 0.1) is 19.8 Å². The van der Waals surface area contributed by atoms with Crippen LogP contribution in [0.15, 0.2) is 41.9 Å². The second-order valence-electron chi connectivity index (χ2n) is 5.77. The first-order valence-electron chi connectivity index (χ1n) is 8.97. The van der Waals surface area contributed by atoms with Crippen LogP contribution in [0, 0.1) is 0 Å². The lowest BCUT2D eigenvalue weighted by Crippen LogP contribution is -2.38. The fourth-order valence-electron chi connectivity index (χ4n) is 2.56. The molecule has 0 aliphatic carbocycles. The monoisotopic (exact) mass is 474 g/mol. The molecule has 1 saturated heterocycles. The van der Waals surface area contributed by atoms with Crippen LogP contribution in [-0.2, 0) is 11.3 Å². The Bertz CT molecular complexity index is 548. The van der Waals surface area contributed by atoms with Crippen molar-refractivity contribution in [2.24, 2.45) is 4.99 Å². The van der Waals surface area contributed by atoms with Gasteiger partial charge in [-0.2, -0.15) is 0 Å². The number of ether oxygens (including phenoxy) is 2. The number of morpholine rings is 1. The van der Waals surface area contributed by atoms with Gasteiger partial charge in [0, 0.05) is 38.3 Å². The van der Waals surface area contributed by atoms with Gasteiger partial charge >= 0.3 is 0 Å². The summed E-state index contributed by atoms with van der Waals surface area (Å²) < 4.78 is 11.4. The van der Waals surface area contributed by atoms with E-state index in [-0.39, 0.29) is 24.0 Å². The number of para-hydroxylation sites is 1. The van der Waals surface area contributed by atoms with E-state index in [1.807, 2.05) is 31.2 Å².